The average Bonchev–Trinajstić information content (AvgIpc) is 3.95. The van der Waals surface area contributed by atoms with Gasteiger partial charge in [0.05, 0.1) is 28.3 Å². The van der Waals surface area contributed by atoms with Crippen LogP contribution in [0.5, 0.6) is 11.5 Å². The number of pyridine rings is 1. The van der Waals surface area contributed by atoms with Crippen LogP contribution in [0.15, 0.2) is 164 Å². The molecule has 1 aliphatic carbocycles. The van der Waals surface area contributed by atoms with Crippen molar-refractivity contribution in [2.45, 2.75) is 64.5 Å². The van der Waals surface area contributed by atoms with Gasteiger partial charge in [0.1, 0.15) is 24.0 Å². The maximum Gasteiger partial charge on any atom is 0.190 e. The number of benzene rings is 6. The van der Waals surface area contributed by atoms with Crippen LogP contribution in [0.25, 0.3) is 45.1 Å². The summed E-state index contributed by atoms with van der Waals surface area (Å²) in [4.78, 5) is 9.90. The molecule has 2 aromatic heterocycles. The Morgan fingerprint density at radius 2 is 1.31 bits per heavy atom. The summed E-state index contributed by atoms with van der Waals surface area (Å²) in [5, 5.41) is 1.44. The van der Waals surface area contributed by atoms with E-state index in [1.54, 1.807) is 0 Å². The third kappa shape index (κ3) is 6.26. The lowest BCUT2D eigenvalue weighted by molar-refractivity contribution is 0.483. The Balaban J connectivity index is 1.01. The molecule has 4 heterocycles. The van der Waals surface area contributed by atoms with Gasteiger partial charge < -0.3 is 14.5 Å². The first-order chi connectivity index (χ1) is 30.0. The van der Waals surface area contributed by atoms with E-state index in [0.717, 1.165) is 40.6 Å². The molecule has 0 N–H and O–H groups in total. The van der Waals surface area contributed by atoms with Gasteiger partial charge in [-0.05, 0) is 93.8 Å². The van der Waals surface area contributed by atoms with Crippen molar-refractivity contribution in [3.8, 4) is 39.6 Å². The molecule has 6 heteroatoms. The highest BCUT2D eigenvalue weighted by Crippen LogP contribution is 2.53. The summed E-state index contributed by atoms with van der Waals surface area (Å²) >= 11 is 0. The molecule has 62 heavy (non-hydrogen) atoms. The number of aromatic nitrogens is 2. The standard InChI is InChI=1S/C56H51BN4O/c1-55(2,3)39-30-31-58-51(32-39)61-49-29-17-26-45-52(49)53-46(57(45)56(4,5)6)34-42(35-50(53)61)62-41-23-15-22-40(33-41)59-36-60(48-28-14-13-27-47(48)59)54-43(37-18-9-7-10-19-37)24-16-25-44(54)38-20-11-8-12-21-38/h7-25,27-35,45H,26,36H2,1-6H3. The highest BCUT2D eigenvalue weighted by Gasteiger charge is 2.47. The van der Waals surface area contributed by atoms with Gasteiger partial charge in [-0.1, -0.05) is 155 Å². The first kappa shape index (κ1) is 38.2. The number of allylic oxidation sites excluding steroid dienone is 1. The molecule has 0 spiro atoms. The highest BCUT2D eigenvalue weighted by atomic mass is 16.5. The van der Waals surface area contributed by atoms with Gasteiger partial charge in [-0.2, -0.15) is 0 Å². The Kier molecular flexibility index (Phi) is 8.87. The minimum Gasteiger partial charge on any atom is -0.457 e. The Bertz CT molecular complexity index is 2990. The molecular weight excluding hydrogens is 755 g/mol. The molecule has 2 aliphatic heterocycles. The molecule has 1 atom stereocenters. The van der Waals surface area contributed by atoms with Crippen LogP contribution >= 0.6 is 0 Å². The van der Waals surface area contributed by atoms with Crippen molar-refractivity contribution in [2.24, 2.45) is 0 Å². The van der Waals surface area contributed by atoms with Gasteiger partial charge in [0, 0.05) is 35.1 Å². The summed E-state index contributed by atoms with van der Waals surface area (Å²) in [6.07, 6.45) is 7.71. The number of ether oxygens (including phenoxy) is 1. The average molecular weight is 807 g/mol. The number of para-hydroxylation sites is 3. The number of rotatable bonds is 7. The molecule has 3 aliphatic rings. The van der Waals surface area contributed by atoms with Gasteiger partial charge >= 0.3 is 0 Å². The van der Waals surface area contributed by atoms with Crippen LogP contribution in [-0.4, -0.2) is 22.9 Å². The monoisotopic (exact) mass is 806 g/mol. The van der Waals surface area contributed by atoms with Crippen molar-refractivity contribution in [1.82, 2.24) is 9.55 Å². The quantitative estimate of drug-likeness (QED) is 0.150. The number of anilines is 4. The lowest BCUT2D eigenvalue weighted by Gasteiger charge is -2.32. The predicted octanol–water partition coefficient (Wildman–Crippen LogP) is 14.3. The van der Waals surface area contributed by atoms with Crippen molar-refractivity contribution in [3.63, 3.8) is 0 Å². The van der Waals surface area contributed by atoms with Crippen LogP contribution in [0.3, 0.4) is 0 Å². The Labute approximate surface area is 366 Å². The molecule has 11 rings (SSSR count). The minimum atomic E-state index is 0.000277. The van der Waals surface area contributed by atoms with E-state index in [1.807, 2.05) is 6.20 Å². The van der Waals surface area contributed by atoms with Crippen molar-refractivity contribution < 1.29 is 4.74 Å². The third-order valence-corrected chi connectivity index (χ3v) is 13.3. The molecule has 5 nitrogen and oxygen atoms in total. The third-order valence-electron chi connectivity index (χ3n) is 13.3. The van der Waals surface area contributed by atoms with E-state index in [0.29, 0.717) is 19.2 Å². The summed E-state index contributed by atoms with van der Waals surface area (Å²) in [6, 6.07) is 54.6. The van der Waals surface area contributed by atoms with Crippen molar-refractivity contribution in [2.75, 3.05) is 16.5 Å². The number of nitrogens with zero attached hydrogens (tertiary/aromatic N) is 4. The SMILES string of the molecule is CC(C)(C)B1c2cc(Oc3cccc(N4CN(c5c(-c6ccccc6)cccc5-c5ccccc5)c5ccccc54)c3)cc3c2c2c(n3-c3cc(C(C)(C)C)ccn3)C=CCC12. The Morgan fingerprint density at radius 3 is 1.98 bits per heavy atom. The molecule has 1 unspecified atom stereocenters. The molecular formula is C56H51BN4O. The summed E-state index contributed by atoms with van der Waals surface area (Å²) in [6.45, 7) is 15.0. The van der Waals surface area contributed by atoms with E-state index in [4.69, 9.17) is 9.72 Å². The molecule has 6 aromatic carbocycles. The van der Waals surface area contributed by atoms with Crippen molar-refractivity contribution in [3.05, 3.63) is 181 Å². The van der Waals surface area contributed by atoms with E-state index >= 15 is 0 Å². The van der Waals surface area contributed by atoms with Crippen LogP contribution < -0.4 is 20.0 Å². The van der Waals surface area contributed by atoms with Gasteiger partial charge in [0.25, 0.3) is 0 Å². The Morgan fingerprint density at radius 1 is 0.645 bits per heavy atom. The fourth-order valence-corrected chi connectivity index (χ4v) is 10.6. The number of fused-ring (bicyclic) bond motifs is 1. The first-order valence-corrected chi connectivity index (χ1v) is 22.0. The van der Waals surface area contributed by atoms with Crippen molar-refractivity contribution in [1.29, 1.82) is 0 Å². The number of hydrogen-bond donors (Lipinski definition) is 0. The molecule has 304 valence electrons. The van der Waals surface area contributed by atoms with E-state index < -0.39 is 0 Å². The molecule has 8 aromatic rings. The van der Waals surface area contributed by atoms with Gasteiger partial charge in [0.2, 0.25) is 0 Å². The first-order valence-electron chi connectivity index (χ1n) is 22.0. The predicted molar refractivity (Wildman–Crippen MR) is 261 cm³/mol. The molecule has 0 saturated heterocycles. The Hall–Kier alpha value is -6.79. The summed E-state index contributed by atoms with van der Waals surface area (Å²) in [7, 11) is 0. The van der Waals surface area contributed by atoms with Crippen molar-refractivity contribution >= 4 is 51.9 Å². The highest BCUT2D eigenvalue weighted by molar-refractivity contribution is 6.81. The lowest BCUT2D eigenvalue weighted by atomic mass is 9.27. The smallest absolute Gasteiger partial charge is 0.190 e. The second kappa shape index (κ2) is 14.4. The topological polar surface area (TPSA) is 33.5 Å². The normalized spacial score (nSPS) is 15.5. The zero-order chi connectivity index (χ0) is 42.3. The van der Waals surface area contributed by atoms with Crippen LogP contribution in [0.4, 0.5) is 22.7 Å². The lowest BCUT2D eigenvalue weighted by Crippen LogP contribution is -2.41. The second-order valence-electron chi connectivity index (χ2n) is 19.3. The molecule has 0 fully saturated rings. The minimum absolute atomic E-state index is 0.000277. The fraction of sp³-hybridized carbons (Fsp3) is 0.196. The van der Waals surface area contributed by atoms with Gasteiger partial charge in [-0.15, -0.1) is 0 Å². The molecule has 0 bridgehead atoms. The van der Waals surface area contributed by atoms with E-state index in [9.17, 15) is 0 Å². The molecule has 0 amide bonds. The maximum atomic E-state index is 7.04. The second-order valence-corrected chi connectivity index (χ2v) is 19.3. The van der Waals surface area contributed by atoms with Crippen LogP contribution in [0, 0.1) is 0 Å². The van der Waals surface area contributed by atoms with Gasteiger partial charge in [0.15, 0.2) is 6.71 Å². The van der Waals surface area contributed by atoms with E-state index in [-0.39, 0.29) is 10.7 Å². The fourth-order valence-electron chi connectivity index (χ4n) is 10.6. The summed E-state index contributed by atoms with van der Waals surface area (Å²) in [5.41, 5.74) is 15.9. The number of hydrogen-bond acceptors (Lipinski definition) is 4. The summed E-state index contributed by atoms with van der Waals surface area (Å²) in [5.74, 6) is 3.01. The maximum absolute atomic E-state index is 7.04. The zero-order valence-electron chi connectivity index (χ0n) is 36.4. The molecule has 0 radical (unpaired) electrons. The summed E-state index contributed by atoms with van der Waals surface area (Å²) < 4.78 is 9.43. The van der Waals surface area contributed by atoms with Gasteiger partial charge in [-0.25, -0.2) is 4.98 Å². The van der Waals surface area contributed by atoms with E-state index in [1.165, 1.54) is 61.3 Å². The van der Waals surface area contributed by atoms with Crippen LogP contribution in [0.2, 0.25) is 5.31 Å². The van der Waals surface area contributed by atoms with Crippen LogP contribution in [0.1, 0.15) is 70.6 Å². The van der Waals surface area contributed by atoms with Gasteiger partial charge in [-0.3, -0.25) is 4.57 Å². The van der Waals surface area contributed by atoms with E-state index in [2.05, 4.69) is 220 Å². The zero-order valence-corrected chi connectivity index (χ0v) is 36.4. The molecule has 0 saturated carbocycles. The largest absolute Gasteiger partial charge is 0.457 e. The van der Waals surface area contributed by atoms with Crippen LogP contribution in [-0.2, 0) is 5.41 Å².